The lowest BCUT2D eigenvalue weighted by atomic mass is 10.0. The molecule has 1 saturated heterocycles. The summed E-state index contributed by atoms with van der Waals surface area (Å²) in [7, 11) is 0. The summed E-state index contributed by atoms with van der Waals surface area (Å²) in [6.45, 7) is 4.42. The topological polar surface area (TPSA) is 52.6 Å². The normalized spacial score (nSPS) is 17.5. The van der Waals surface area contributed by atoms with E-state index < -0.39 is 5.97 Å². The number of piperidine rings is 1. The van der Waals surface area contributed by atoms with Gasteiger partial charge in [-0.3, -0.25) is 0 Å². The van der Waals surface area contributed by atoms with E-state index in [2.05, 4.69) is 10.2 Å². The molecule has 1 aliphatic rings. The van der Waals surface area contributed by atoms with Gasteiger partial charge >= 0.3 is 5.97 Å². The molecule has 25 heavy (non-hydrogen) atoms. The first-order valence-electron chi connectivity index (χ1n) is 8.59. The first-order chi connectivity index (χ1) is 12.0. The number of aryl methyl sites for hydroxylation is 1. The van der Waals surface area contributed by atoms with Gasteiger partial charge in [0.1, 0.15) is 5.82 Å². The minimum Gasteiger partial charge on any atom is -0.478 e. The molecule has 2 aromatic carbocycles. The molecule has 5 heteroatoms. The smallest absolute Gasteiger partial charge is 0.335 e. The van der Waals surface area contributed by atoms with Crippen LogP contribution in [-0.4, -0.2) is 30.2 Å². The van der Waals surface area contributed by atoms with Gasteiger partial charge in [-0.15, -0.1) is 0 Å². The zero-order valence-electron chi connectivity index (χ0n) is 14.3. The molecule has 0 radical (unpaired) electrons. The number of halogens is 1. The Labute approximate surface area is 147 Å². The largest absolute Gasteiger partial charge is 0.478 e. The van der Waals surface area contributed by atoms with E-state index in [0.29, 0.717) is 18.2 Å². The Kier molecular flexibility index (Phi) is 5.34. The van der Waals surface area contributed by atoms with Crippen LogP contribution in [0.5, 0.6) is 0 Å². The number of hydrogen-bond donors (Lipinski definition) is 2. The highest BCUT2D eigenvalue weighted by atomic mass is 19.1. The van der Waals surface area contributed by atoms with E-state index in [1.165, 1.54) is 6.07 Å². The van der Waals surface area contributed by atoms with Crippen molar-refractivity contribution in [3.8, 4) is 0 Å². The molecule has 4 nitrogen and oxygen atoms in total. The second-order valence-corrected chi connectivity index (χ2v) is 6.60. The zero-order chi connectivity index (χ0) is 17.8. The van der Waals surface area contributed by atoms with Crippen molar-refractivity contribution in [3.63, 3.8) is 0 Å². The van der Waals surface area contributed by atoms with E-state index in [4.69, 9.17) is 5.11 Å². The van der Waals surface area contributed by atoms with Gasteiger partial charge < -0.3 is 15.3 Å². The first-order valence-corrected chi connectivity index (χ1v) is 8.59. The number of carbonyl (C=O) groups is 1. The van der Waals surface area contributed by atoms with E-state index in [1.807, 2.05) is 19.1 Å². The molecule has 2 N–H and O–H groups in total. The molecule has 1 heterocycles. The fourth-order valence-corrected chi connectivity index (χ4v) is 3.41. The van der Waals surface area contributed by atoms with Crippen LogP contribution in [0.4, 0.5) is 10.1 Å². The molecule has 2 aromatic rings. The van der Waals surface area contributed by atoms with Gasteiger partial charge in [0.05, 0.1) is 5.56 Å². The molecule has 3 rings (SSSR count). The van der Waals surface area contributed by atoms with Crippen LogP contribution < -0.4 is 10.2 Å². The van der Waals surface area contributed by atoms with Gasteiger partial charge in [0.2, 0.25) is 0 Å². The van der Waals surface area contributed by atoms with Crippen LogP contribution in [0.2, 0.25) is 0 Å². The number of rotatable bonds is 5. The highest BCUT2D eigenvalue weighted by Gasteiger charge is 2.21. The monoisotopic (exact) mass is 342 g/mol. The SMILES string of the molecule is Cc1cc(F)ccc1N1CCCC(NCc2cccc(C(=O)O)c2)C1. The summed E-state index contributed by atoms with van der Waals surface area (Å²) in [5.74, 6) is -1.11. The molecule has 1 unspecified atom stereocenters. The molecule has 0 aromatic heterocycles. The molecule has 0 amide bonds. The lowest BCUT2D eigenvalue weighted by Gasteiger charge is -2.35. The van der Waals surface area contributed by atoms with Crippen molar-refractivity contribution < 1.29 is 14.3 Å². The van der Waals surface area contributed by atoms with E-state index in [0.717, 1.165) is 42.7 Å². The minimum atomic E-state index is -0.905. The third kappa shape index (κ3) is 4.37. The molecule has 1 aliphatic heterocycles. The van der Waals surface area contributed by atoms with Gasteiger partial charge in [0, 0.05) is 31.4 Å². The summed E-state index contributed by atoms with van der Waals surface area (Å²) < 4.78 is 13.3. The fourth-order valence-electron chi connectivity index (χ4n) is 3.41. The molecule has 1 atom stereocenters. The lowest BCUT2D eigenvalue weighted by molar-refractivity contribution is 0.0696. The third-order valence-corrected chi connectivity index (χ3v) is 4.69. The molecule has 1 fully saturated rings. The van der Waals surface area contributed by atoms with Gasteiger partial charge in [-0.2, -0.15) is 0 Å². The Morgan fingerprint density at radius 1 is 1.32 bits per heavy atom. The van der Waals surface area contributed by atoms with Gasteiger partial charge in [-0.25, -0.2) is 9.18 Å². The molecular weight excluding hydrogens is 319 g/mol. The molecule has 0 bridgehead atoms. The maximum Gasteiger partial charge on any atom is 0.335 e. The third-order valence-electron chi connectivity index (χ3n) is 4.69. The summed E-state index contributed by atoms with van der Waals surface area (Å²) in [6.07, 6.45) is 2.15. The Morgan fingerprint density at radius 2 is 2.16 bits per heavy atom. The van der Waals surface area contributed by atoms with Crippen molar-refractivity contribution in [2.75, 3.05) is 18.0 Å². The Hall–Kier alpha value is -2.40. The number of anilines is 1. The number of carboxylic acids is 1. The van der Waals surface area contributed by atoms with Gasteiger partial charge in [-0.05, 0) is 61.2 Å². The van der Waals surface area contributed by atoms with Crippen molar-refractivity contribution in [2.45, 2.75) is 32.4 Å². The van der Waals surface area contributed by atoms with Crippen molar-refractivity contribution in [1.29, 1.82) is 0 Å². The number of carboxylic acid groups (broad SMARTS) is 1. The molecule has 0 spiro atoms. The average molecular weight is 342 g/mol. The minimum absolute atomic E-state index is 0.203. The number of benzene rings is 2. The van der Waals surface area contributed by atoms with Crippen LogP contribution >= 0.6 is 0 Å². The number of nitrogens with zero attached hydrogens (tertiary/aromatic N) is 1. The first kappa shape index (κ1) is 17.4. The van der Waals surface area contributed by atoms with Crippen LogP contribution in [-0.2, 0) is 6.54 Å². The van der Waals surface area contributed by atoms with E-state index >= 15 is 0 Å². The summed E-state index contributed by atoms with van der Waals surface area (Å²) in [6, 6.07) is 12.3. The molecule has 132 valence electrons. The van der Waals surface area contributed by atoms with Crippen LogP contribution in [0, 0.1) is 12.7 Å². The maximum atomic E-state index is 13.3. The van der Waals surface area contributed by atoms with Crippen molar-refractivity contribution >= 4 is 11.7 Å². The van der Waals surface area contributed by atoms with E-state index in [1.54, 1.807) is 24.3 Å². The molecular formula is C20H23FN2O2. The molecule has 0 saturated carbocycles. The number of hydrogen-bond acceptors (Lipinski definition) is 3. The molecule has 0 aliphatic carbocycles. The van der Waals surface area contributed by atoms with Crippen LogP contribution in [0.1, 0.15) is 34.3 Å². The number of aromatic carboxylic acids is 1. The van der Waals surface area contributed by atoms with Crippen molar-refractivity contribution in [2.24, 2.45) is 0 Å². The highest BCUT2D eigenvalue weighted by Crippen LogP contribution is 2.24. The van der Waals surface area contributed by atoms with E-state index in [9.17, 15) is 9.18 Å². The quantitative estimate of drug-likeness (QED) is 0.872. The summed E-state index contributed by atoms with van der Waals surface area (Å²) in [5, 5.41) is 12.6. The van der Waals surface area contributed by atoms with Crippen molar-refractivity contribution in [1.82, 2.24) is 5.32 Å². The summed E-state index contributed by atoms with van der Waals surface area (Å²) in [5.41, 5.74) is 3.32. The Balaban J connectivity index is 1.62. The zero-order valence-corrected chi connectivity index (χ0v) is 14.3. The summed E-state index contributed by atoms with van der Waals surface area (Å²) >= 11 is 0. The Morgan fingerprint density at radius 3 is 2.92 bits per heavy atom. The highest BCUT2D eigenvalue weighted by molar-refractivity contribution is 5.87. The second kappa shape index (κ2) is 7.66. The average Bonchev–Trinajstić information content (AvgIpc) is 2.60. The van der Waals surface area contributed by atoms with Gasteiger partial charge in [-0.1, -0.05) is 12.1 Å². The lowest BCUT2D eigenvalue weighted by Crippen LogP contribution is -2.45. The predicted octanol–water partition coefficient (Wildman–Crippen LogP) is 3.59. The predicted molar refractivity (Wildman–Crippen MR) is 96.6 cm³/mol. The maximum absolute atomic E-state index is 13.3. The van der Waals surface area contributed by atoms with Crippen molar-refractivity contribution in [3.05, 3.63) is 65.0 Å². The van der Waals surface area contributed by atoms with E-state index in [-0.39, 0.29) is 5.82 Å². The Bertz CT molecular complexity index is 763. The van der Waals surface area contributed by atoms with Gasteiger partial charge in [0.15, 0.2) is 0 Å². The number of nitrogens with one attached hydrogen (secondary N) is 1. The van der Waals surface area contributed by atoms with Crippen LogP contribution in [0.3, 0.4) is 0 Å². The van der Waals surface area contributed by atoms with Gasteiger partial charge in [0.25, 0.3) is 0 Å². The second-order valence-electron chi connectivity index (χ2n) is 6.60. The fraction of sp³-hybridized carbons (Fsp3) is 0.350. The van der Waals surface area contributed by atoms with Crippen LogP contribution in [0.25, 0.3) is 0 Å². The summed E-state index contributed by atoms with van der Waals surface area (Å²) in [4.78, 5) is 13.4. The standard InChI is InChI=1S/C20H23FN2O2/c1-14-10-17(21)7-8-19(14)23-9-3-6-18(13-23)22-12-15-4-2-5-16(11-15)20(24)25/h2,4-5,7-8,10-11,18,22H,3,6,9,12-13H2,1H3,(H,24,25). The van der Waals surface area contributed by atoms with Crippen LogP contribution in [0.15, 0.2) is 42.5 Å².